The van der Waals surface area contributed by atoms with Crippen molar-refractivity contribution in [3.63, 3.8) is 0 Å². The normalized spacial score (nSPS) is 13.0. The fraction of sp³-hybridized carbons (Fsp3) is 0.455. The third-order valence-electron chi connectivity index (χ3n) is 1.80. The minimum atomic E-state index is -0.655. The summed E-state index contributed by atoms with van der Waals surface area (Å²) in [5.41, 5.74) is 0.554. The molecule has 0 spiro atoms. The molecule has 0 aliphatic rings. The minimum absolute atomic E-state index is 0.0538. The smallest absolute Gasteiger partial charge is 0.165 e. The van der Waals surface area contributed by atoms with Gasteiger partial charge in [0.15, 0.2) is 11.6 Å². The number of ether oxygens (including phenoxy) is 1. The Kier molecular flexibility index (Phi) is 3.47. The van der Waals surface area contributed by atoms with Gasteiger partial charge >= 0.3 is 0 Å². The lowest BCUT2D eigenvalue weighted by molar-refractivity contribution is 0.197. The van der Waals surface area contributed by atoms with Gasteiger partial charge in [0, 0.05) is 0 Å². The van der Waals surface area contributed by atoms with E-state index in [0.29, 0.717) is 5.56 Å². The van der Waals surface area contributed by atoms with Crippen molar-refractivity contribution in [1.82, 2.24) is 0 Å². The molecule has 0 amide bonds. The van der Waals surface area contributed by atoms with Gasteiger partial charge < -0.3 is 9.84 Å². The Bertz CT molecular complexity index is 308. The number of aliphatic hydroxyl groups is 1. The molecule has 0 saturated carbocycles. The van der Waals surface area contributed by atoms with Gasteiger partial charge in [-0.2, -0.15) is 0 Å². The molecule has 78 valence electrons. The van der Waals surface area contributed by atoms with Crippen LogP contribution in [0.25, 0.3) is 0 Å². The van der Waals surface area contributed by atoms with E-state index in [2.05, 4.69) is 0 Å². The maximum absolute atomic E-state index is 13.3. The Balaban J connectivity index is 2.90. The van der Waals surface area contributed by atoms with Crippen molar-refractivity contribution in [1.29, 1.82) is 0 Å². The molecule has 0 radical (unpaired) electrons. The summed E-state index contributed by atoms with van der Waals surface area (Å²) in [5.74, 6) is -0.207. The maximum Gasteiger partial charge on any atom is 0.165 e. The van der Waals surface area contributed by atoms with E-state index in [1.54, 1.807) is 13.0 Å². The van der Waals surface area contributed by atoms with Gasteiger partial charge in [0.2, 0.25) is 0 Å². The molecule has 0 aromatic heterocycles. The van der Waals surface area contributed by atoms with Gasteiger partial charge in [0.1, 0.15) is 0 Å². The zero-order chi connectivity index (χ0) is 10.7. The van der Waals surface area contributed by atoms with Crippen molar-refractivity contribution in [2.45, 2.75) is 33.0 Å². The molecule has 14 heavy (non-hydrogen) atoms. The Morgan fingerprint density at radius 1 is 1.29 bits per heavy atom. The molecule has 0 heterocycles. The molecule has 1 atom stereocenters. The molecule has 1 aromatic carbocycles. The highest BCUT2D eigenvalue weighted by molar-refractivity contribution is 5.30. The predicted octanol–water partition coefficient (Wildman–Crippen LogP) is 2.67. The van der Waals surface area contributed by atoms with Crippen molar-refractivity contribution < 1.29 is 14.2 Å². The fourth-order valence-corrected chi connectivity index (χ4v) is 1.13. The summed E-state index contributed by atoms with van der Waals surface area (Å²) in [5, 5.41) is 9.21. The Morgan fingerprint density at radius 2 is 1.93 bits per heavy atom. The summed E-state index contributed by atoms with van der Waals surface area (Å²) in [7, 11) is 0. The van der Waals surface area contributed by atoms with E-state index in [0.717, 1.165) is 0 Å². The van der Waals surface area contributed by atoms with Crippen LogP contribution < -0.4 is 4.74 Å². The average Bonchev–Trinajstić information content (AvgIpc) is 2.07. The van der Waals surface area contributed by atoms with Crippen molar-refractivity contribution in [3.05, 3.63) is 29.6 Å². The second-order valence-electron chi connectivity index (χ2n) is 3.53. The zero-order valence-electron chi connectivity index (χ0n) is 8.62. The van der Waals surface area contributed by atoms with Crippen LogP contribution in [-0.2, 0) is 0 Å². The third kappa shape index (κ3) is 2.70. The van der Waals surface area contributed by atoms with E-state index in [9.17, 15) is 9.50 Å². The van der Waals surface area contributed by atoms with Crippen LogP contribution in [0.2, 0.25) is 0 Å². The Labute approximate surface area is 83.3 Å². The van der Waals surface area contributed by atoms with E-state index in [1.807, 2.05) is 13.8 Å². The fourth-order valence-electron chi connectivity index (χ4n) is 1.13. The summed E-state index contributed by atoms with van der Waals surface area (Å²) >= 11 is 0. The lowest BCUT2D eigenvalue weighted by Crippen LogP contribution is -2.07. The lowest BCUT2D eigenvalue weighted by atomic mass is 10.1. The molecule has 0 bridgehead atoms. The van der Waals surface area contributed by atoms with E-state index in [4.69, 9.17) is 4.74 Å². The highest BCUT2D eigenvalue weighted by Crippen LogP contribution is 2.22. The summed E-state index contributed by atoms with van der Waals surface area (Å²) in [6.45, 7) is 5.27. The van der Waals surface area contributed by atoms with Crippen molar-refractivity contribution >= 4 is 0 Å². The monoisotopic (exact) mass is 198 g/mol. The van der Waals surface area contributed by atoms with Crippen LogP contribution >= 0.6 is 0 Å². The molecular formula is C11H15FO2. The zero-order valence-corrected chi connectivity index (χ0v) is 8.62. The van der Waals surface area contributed by atoms with Gasteiger partial charge in [0.05, 0.1) is 12.2 Å². The van der Waals surface area contributed by atoms with E-state index < -0.39 is 11.9 Å². The number of hydrogen-bond acceptors (Lipinski definition) is 2. The van der Waals surface area contributed by atoms with Crippen LogP contribution in [0.4, 0.5) is 4.39 Å². The predicted molar refractivity (Wildman–Crippen MR) is 52.8 cm³/mol. The van der Waals surface area contributed by atoms with Crippen LogP contribution in [0, 0.1) is 5.82 Å². The van der Waals surface area contributed by atoms with Crippen LogP contribution in [-0.4, -0.2) is 11.2 Å². The van der Waals surface area contributed by atoms with Gasteiger partial charge in [-0.05, 0) is 38.5 Å². The standard InChI is InChI=1S/C11H15FO2/c1-7(2)14-11-5-4-9(8(3)13)6-10(11)12/h4-8,13H,1-3H3/t8-/m1/s1. The molecule has 3 heteroatoms. The summed E-state index contributed by atoms with van der Waals surface area (Å²) in [4.78, 5) is 0. The molecule has 0 aliphatic carbocycles. The minimum Gasteiger partial charge on any atom is -0.488 e. The van der Waals surface area contributed by atoms with Gasteiger partial charge in [-0.3, -0.25) is 0 Å². The number of aliphatic hydroxyl groups excluding tert-OH is 1. The molecule has 1 N–H and O–H groups in total. The Morgan fingerprint density at radius 3 is 2.36 bits per heavy atom. The molecule has 2 nitrogen and oxygen atoms in total. The van der Waals surface area contributed by atoms with Crippen molar-refractivity contribution in [2.75, 3.05) is 0 Å². The van der Waals surface area contributed by atoms with Gasteiger partial charge in [-0.1, -0.05) is 6.07 Å². The first-order chi connectivity index (χ1) is 6.50. The highest BCUT2D eigenvalue weighted by Gasteiger charge is 2.08. The topological polar surface area (TPSA) is 29.5 Å². The number of halogens is 1. The molecule has 0 saturated heterocycles. The maximum atomic E-state index is 13.3. The second-order valence-corrected chi connectivity index (χ2v) is 3.53. The number of benzene rings is 1. The summed E-state index contributed by atoms with van der Waals surface area (Å²) in [6.07, 6.45) is -0.709. The van der Waals surface area contributed by atoms with Gasteiger partial charge in [-0.25, -0.2) is 4.39 Å². The largest absolute Gasteiger partial charge is 0.488 e. The molecular weight excluding hydrogens is 183 g/mol. The lowest BCUT2D eigenvalue weighted by Gasteiger charge is -2.12. The Hall–Kier alpha value is -1.09. The van der Waals surface area contributed by atoms with Crippen LogP contribution in [0.1, 0.15) is 32.4 Å². The van der Waals surface area contributed by atoms with Crippen LogP contribution in [0.15, 0.2) is 18.2 Å². The first kappa shape index (κ1) is 11.0. The first-order valence-electron chi connectivity index (χ1n) is 4.65. The number of hydrogen-bond donors (Lipinski definition) is 1. The van der Waals surface area contributed by atoms with E-state index >= 15 is 0 Å². The highest BCUT2D eigenvalue weighted by atomic mass is 19.1. The summed E-state index contributed by atoms with van der Waals surface area (Å²) in [6, 6.07) is 4.49. The van der Waals surface area contributed by atoms with Crippen LogP contribution in [0.3, 0.4) is 0 Å². The van der Waals surface area contributed by atoms with Crippen molar-refractivity contribution in [3.8, 4) is 5.75 Å². The van der Waals surface area contributed by atoms with Gasteiger partial charge in [-0.15, -0.1) is 0 Å². The first-order valence-corrected chi connectivity index (χ1v) is 4.65. The van der Waals surface area contributed by atoms with Crippen LogP contribution in [0.5, 0.6) is 5.75 Å². The molecule has 0 aliphatic heterocycles. The van der Waals surface area contributed by atoms with Gasteiger partial charge in [0.25, 0.3) is 0 Å². The van der Waals surface area contributed by atoms with E-state index in [-0.39, 0.29) is 11.9 Å². The average molecular weight is 198 g/mol. The second kappa shape index (κ2) is 4.42. The quantitative estimate of drug-likeness (QED) is 0.809. The molecule has 0 fully saturated rings. The third-order valence-corrected chi connectivity index (χ3v) is 1.80. The number of rotatable bonds is 3. The molecule has 1 aromatic rings. The summed E-state index contributed by atoms with van der Waals surface area (Å²) < 4.78 is 18.6. The molecule has 0 unspecified atom stereocenters. The van der Waals surface area contributed by atoms with Crippen molar-refractivity contribution in [2.24, 2.45) is 0 Å². The molecule has 1 rings (SSSR count). The van der Waals surface area contributed by atoms with E-state index in [1.165, 1.54) is 12.1 Å². The SMILES string of the molecule is CC(C)Oc1ccc([C@@H](C)O)cc1F.